The summed E-state index contributed by atoms with van der Waals surface area (Å²) in [6, 6.07) is 0.572. The molecule has 0 bridgehead atoms. The topological polar surface area (TPSA) is 28.2 Å². The molecule has 0 spiro atoms. The van der Waals surface area contributed by atoms with Crippen LogP contribution in [0.5, 0.6) is 0 Å². The second-order valence-electron chi connectivity index (χ2n) is 5.40. The minimum Gasteiger partial charge on any atom is -0.348 e. The van der Waals surface area contributed by atoms with Crippen molar-refractivity contribution >= 4 is 16.5 Å². The Morgan fingerprint density at radius 3 is 2.94 bits per heavy atom. The molecule has 1 unspecified atom stereocenters. The first-order valence-corrected chi connectivity index (χ1v) is 8.18. The summed E-state index contributed by atoms with van der Waals surface area (Å²) in [5.41, 5.74) is 1.38. The molecular formula is C14H23N3S. The monoisotopic (exact) mass is 265 g/mol. The fourth-order valence-corrected chi connectivity index (χ4v) is 4.24. The van der Waals surface area contributed by atoms with Crippen LogP contribution in [0, 0.1) is 0 Å². The zero-order valence-electron chi connectivity index (χ0n) is 11.2. The zero-order chi connectivity index (χ0) is 12.4. The van der Waals surface area contributed by atoms with Crippen LogP contribution in [0.2, 0.25) is 0 Å². The van der Waals surface area contributed by atoms with Crippen LogP contribution in [-0.2, 0) is 6.42 Å². The van der Waals surface area contributed by atoms with Gasteiger partial charge in [-0.3, -0.25) is 0 Å². The van der Waals surface area contributed by atoms with Gasteiger partial charge in [-0.25, -0.2) is 4.98 Å². The maximum Gasteiger partial charge on any atom is 0.185 e. The van der Waals surface area contributed by atoms with Gasteiger partial charge in [-0.15, -0.1) is 0 Å². The van der Waals surface area contributed by atoms with E-state index in [9.17, 15) is 0 Å². The molecular weight excluding hydrogens is 242 g/mol. The van der Waals surface area contributed by atoms with Crippen molar-refractivity contribution in [3.63, 3.8) is 0 Å². The summed E-state index contributed by atoms with van der Waals surface area (Å²) < 4.78 is 0. The van der Waals surface area contributed by atoms with E-state index in [0.717, 1.165) is 6.54 Å². The number of aromatic nitrogens is 1. The molecule has 3 nitrogen and oxygen atoms in total. The Morgan fingerprint density at radius 2 is 2.17 bits per heavy atom. The lowest BCUT2D eigenvalue weighted by Crippen LogP contribution is -2.24. The van der Waals surface area contributed by atoms with Crippen molar-refractivity contribution in [1.82, 2.24) is 10.3 Å². The maximum atomic E-state index is 4.90. The summed E-state index contributed by atoms with van der Waals surface area (Å²) in [7, 11) is 0. The van der Waals surface area contributed by atoms with E-state index in [4.69, 9.17) is 4.98 Å². The first-order valence-electron chi connectivity index (χ1n) is 7.36. The lowest BCUT2D eigenvalue weighted by atomic mass is 9.98. The zero-order valence-corrected chi connectivity index (χ0v) is 12.1. The van der Waals surface area contributed by atoms with Crippen molar-refractivity contribution in [2.75, 3.05) is 24.5 Å². The number of rotatable bonds is 4. The third kappa shape index (κ3) is 2.41. The van der Waals surface area contributed by atoms with E-state index in [1.807, 2.05) is 11.3 Å². The van der Waals surface area contributed by atoms with E-state index < -0.39 is 0 Å². The van der Waals surface area contributed by atoms with Gasteiger partial charge in [0.15, 0.2) is 5.13 Å². The average molecular weight is 265 g/mol. The van der Waals surface area contributed by atoms with Gasteiger partial charge in [0, 0.05) is 24.0 Å². The highest BCUT2D eigenvalue weighted by atomic mass is 32.1. The van der Waals surface area contributed by atoms with Crippen molar-refractivity contribution in [2.45, 2.75) is 51.5 Å². The molecule has 2 heterocycles. The van der Waals surface area contributed by atoms with Crippen LogP contribution < -0.4 is 10.2 Å². The smallest absolute Gasteiger partial charge is 0.185 e. The number of aryl methyl sites for hydroxylation is 1. The molecule has 18 heavy (non-hydrogen) atoms. The minimum atomic E-state index is 0.572. The van der Waals surface area contributed by atoms with Crippen LogP contribution in [0.1, 0.15) is 55.6 Å². The lowest BCUT2D eigenvalue weighted by molar-refractivity contribution is 0.464. The van der Waals surface area contributed by atoms with Gasteiger partial charge in [0.25, 0.3) is 0 Å². The van der Waals surface area contributed by atoms with Crippen LogP contribution in [0.25, 0.3) is 0 Å². The lowest BCUT2D eigenvalue weighted by Gasteiger charge is -2.22. The molecule has 0 aromatic carbocycles. The van der Waals surface area contributed by atoms with Crippen LogP contribution >= 0.6 is 11.3 Å². The Balaban J connectivity index is 1.78. The van der Waals surface area contributed by atoms with Crippen LogP contribution in [0.4, 0.5) is 5.13 Å². The predicted molar refractivity (Wildman–Crippen MR) is 77.5 cm³/mol. The molecule has 1 aromatic rings. The molecule has 100 valence electrons. The van der Waals surface area contributed by atoms with Gasteiger partial charge in [0.05, 0.1) is 5.69 Å². The first kappa shape index (κ1) is 12.4. The Labute approximate surface area is 114 Å². The van der Waals surface area contributed by atoms with E-state index in [0.29, 0.717) is 6.04 Å². The third-order valence-corrected chi connectivity index (χ3v) is 5.23. The van der Waals surface area contributed by atoms with Gasteiger partial charge in [-0.2, -0.15) is 0 Å². The fourth-order valence-electron chi connectivity index (χ4n) is 2.96. The van der Waals surface area contributed by atoms with Crippen LogP contribution in [0.15, 0.2) is 0 Å². The standard InChI is InChI=1S/C14H23N3S/c1-2-8-15-11-6-5-7-12-13(11)18-14(16-12)17-9-3-4-10-17/h11,15H,2-10H2,1H3. The quantitative estimate of drug-likeness (QED) is 0.906. The molecule has 4 heteroatoms. The van der Waals surface area contributed by atoms with Gasteiger partial charge in [0.1, 0.15) is 0 Å². The molecule has 1 saturated heterocycles. The van der Waals surface area contributed by atoms with Gasteiger partial charge in [0.2, 0.25) is 0 Å². The molecule has 1 N–H and O–H groups in total. The van der Waals surface area contributed by atoms with E-state index in [1.54, 1.807) is 0 Å². The number of hydrogen-bond donors (Lipinski definition) is 1. The van der Waals surface area contributed by atoms with Gasteiger partial charge < -0.3 is 10.2 Å². The van der Waals surface area contributed by atoms with Crippen molar-refractivity contribution in [1.29, 1.82) is 0 Å². The average Bonchev–Trinajstić information content (AvgIpc) is 3.03. The normalized spacial score (nSPS) is 23.4. The van der Waals surface area contributed by atoms with E-state index >= 15 is 0 Å². The van der Waals surface area contributed by atoms with Crippen molar-refractivity contribution in [3.8, 4) is 0 Å². The Bertz CT molecular complexity index is 396. The van der Waals surface area contributed by atoms with Gasteiger partial charge in [-0.1, -0.05) is 18.3 Å². The highest BCUT2D eigenvalue weighted by Crippen LogP contribution is 2.38. The predicted octanol–water partition coefficient (Wildman–Crippen LogP) is 3.12. The van der Waals surface area contributed by atoms with Gasteiger partial charge in [-0.05, 0) is 45.1 Å². The largest absolute Gasteiger partial charge is 0.348 e. The minimum absolute atomic E-state index is 0.572. The number of nitrogens with one attached hydrogen (secondary N) is 1. The van der Waals surface area contributed by atoms with Crippen molar-refractivity contribution in [2.24, 2.45) is 0 Å². The highest BCUT2D eigenvalue weighted by molar-refractivity contribution is 7.15. The van der Waals surface area contributed by atoms with Crippen LogP contribution in [-0.4, -0.2) is 24.6 Å². The molecule has 1 aromatic heterocycles. The Hall–Kier alpha value is -0.610. The molecule has 1 aliphatic heterocycles. The summed E-state index contributed by atoms with van der Waals surface area (Å²) in [5, 5.41) is 4.96. The summed E-state index contributed by atoms with van der Waals surface area (Å²) in [4.78, 5) is 8.89. The number of nitrogens with zero attached hydrogens (tertiary/aromatic N) is 2. The molecule has 0 saturated carbocycles. The maximum absolute atomic E-state index is 4.90. The fraction of sp³-hybridized carbons (Fsp3) is 0.786. The second kappa shape index (κ2) is 5.57. The molecule has 2 aliphatic rings. The molecule has 0 amide bonds. The molecule has 1 aliphatic carbocycles. The molecule has 1 atom stereocenters. The van der Waals surface area contributed by atoms with E-state index in [2.05, 4.69) is 17.1 Å². The number of thiazole rings is 1. The molecule has 1 fully saturated rings. The summed E-state index contributed by atoms with van der Waals surface area (Å²) in [5.74, 6) is 0. The van der Waals surface area contributed by atoms with E-state index in [1.165, 1.54) is 67.3 Å². The van der Waals surface area contributed by atoms with Crippen molar-refractivity contribution in [3.05, 3.63) is 10.6 Å². The summed E-state index contributed by atoms with van der Waals surface area (Å²) in [6.07, 6.45) is 7.64. The molecule has 0 radical (unpaired) electrons. The number of anilines is 1. The third-order valence-electron chi connectivity index (χ3n) is 3.96. The second-order valence-corrected chi connectivity index (χ2v) is 6.41. The number of hydrogen-bond acceptors (Lipinski definition) is 4. The van der Waals surface area contributed by atoms with E-state index in [-0.39, 0.29) is 0 Å². The van der Waals surface area contributed by atoms with Gasteiger partial charge >= 0.3 is 0 Å². The van der Waals surface area contributed by atoms with Crippen LogP contribution in [0.3, 0.4) is 0 Å². The summed E-state index contributed by atoms with van der Waals surface area (Å²) in [6.45, 7) is 5.78. The highest BCUT2D eigenvalue weighted by Gasteiger charge is 2.26. The van der Waals surface area contributed by atoms with Crippen molar-refractivity contribution < 1.29 is 0 Å². The SMILES string of the molecule is CCCNC1CCCc2nc(N3CCCC3)sc21. The first-order chi connectivity index (χ1) is 8.88. The Kier molecular flexibility index (Phi) is 3.85. The summed E-state index contributed by atoms with van der Waals surface area (Å²) >= 11 is 1.94. The molecule has 3 rings (SSSR count). The Morgan fingerprint density at radius 1 is 1.33 bits per heavy atom. The number of fused-ring (bicyclic) bond motifs is 1.